The molecule has 1 aliphatic heterocycles. The Bertz CT molecular complexity index is 901. The summed E-state index contributed by atoms with van der Waals surface area (Å²) in [5.74, 6) is 0.578. The van der Waals surface area contributed by atoms with Crippen LogP contribution in [0.1, 0.15) is 12.5 Å². The van der Waals surface area contributed by atoms with Crippen LogP contribution in [0.2, 0.25) is 0 Å². The van der Waals surface area contributed by atoms with E-state index in [0.717, 1.165) is 0 Å². The molecule has 2 aromatic rings. The summed E-state index contributed by atoms with van der Waals surface area (Å²) in [7, 11) is -2.29. The Morgan fingerprint density at radius 2 is 1.75 bits per heavy atom. The van der Waals surface area contributed by atoms with E-state index in [1.807, 2.05) is 6.07 Å². The molecular weight excluding hydrogens is 326 g/mol. The summed E-state index contributed by atoms with van der Waals surface area (Å²) in [5.41, 5.74) is 1.69. The minimum atomic E-state index is -3.81. The Hall–Kier alpha value is -2.60. The van der Waals surface area contributed by atoms with E-state index in [9.17, 15) is 13.2 Å². The first-order valence-electron chi connectivity index (χ1n) is 7.43. The van der Waals surface area contributed by atoms with Crippen molar-refractivity contribution < 1.29 is 17.9 Å². The highest BCUT2D eigenvalue weighted by molar-refractivity contribution is 7.92. The smallest absolute Gasteiger partial charge is 0.264 e. The number of hydrogen-bond acceptors (Lipinski definition) is 4. The van der Waals surface area contributed by atoms with E-state index in [1.165, 1.54) is 23.5 Å². The number of carbonyl (C=O) groups is 1. The van der Waals surface area contributed by atoms with Gasteiger partial charge in [-0.15, -0.1) is 0 Å². The second kappa shape index (κ2) is 6.13. The molecule has 1 unspecified atom stereocenters. The van der Waals surface area contributed by atoms with Crippen molar-refractivity contribution in [3.63, 3.8) is 0 Å². The number of methoxy groups -OCH3 is 1. The van der Waals surface area contributed by atoms with E-state index in [1.54, 1.807) is 43.3 Å². The summed E-state index contributed by atoms with van der Waals surface area (Å²) >= 11 is 0. The van der Waals surface area contributed by atoms with Gasteiger partial charge in [0.2, 0.25) is 0 Å². The molecule has 124 valence electrons. The van der Waals surface area contributed by atoms with Crippen molar-refractivity contribution in [3.05, 3.63) is 59.7 Å². The van der Waals surface area contributed by atoms with Gasteiger partial charge in [0.1, 0.15) is 12.0 Å². The molecule has 0 aliphatic carbocycles. The fourth-order valence-electron chi connectivity index (χ4n) is 2.79. The van der Waals surface area contributed by atoms with E-state index >= 15 is 0 Å². The number of para-hydroxylation sites is 1. The van der Waals surface area contributed by atoms with Crippen LogP contribution in [0.4, 0.5) is 5.69 Å². The maximum Gasteiger partial charge on any atom is 0.264 e. The van der Waals surface area contributed by atoms with E-state index in [4.69, 9.17) is 4.74 Å². The summed E-state index contributed by atoms with van der Waals surface area (Å²) in [5, 5.41) is 0. The Labute approximate surface area is 141 Å². The summed E-state index contributed by atoms with van der Waals surface area (Å²) in [4.78, 5) is 11.5. The number of hydrogen-bond donors (Lipinski definition) is 0. The first-order chi connectivity index (χ1) is 11.5. The molecule has 3 rings (SSSR count). The number of ether oxygens (including phenoxy) is 1. The second-order valence-electron chi connectivity index (χ2n) is 5.47. The van der Waals surface area contributed by atoms with Crippen LogP contribution in [0.3, 0.4) is 0 Å². The van der Waals surface area contributed by atoms with Gasteiger partial charge < -0.3 is 4.74 Å². The Kier molecular flexibility index (Phi) is 4.15. The molecule has 0 N–H and O–H groups in total. The lowest BCUT2D eigenvalue weighted by Crippen LogP contribution is -2.42. The lowest BCUT2D eigenvalue weighted by Gasteiger charge is -2.34. The highest BCUT2D eigenvalue weighted by Crippen LogP contribution is 2.36. The molecule has 0 aromatic heterocycles. The zero-order chi connectivity index (χ0) is 17.3. The second-order valence-corrected chi connectivity index (χ2v) is 7.29. The maximum absolute atomic E-state index is 13.2. The van der Waals surface area contributed by atoms with Gasteiger partial charge in [0.25, 0.3) is 10.0 Å². The third kappa shape index (κ3) is 2.59. The lowest BCUT2D eigenvalue weighted by molar-refractivity contribution is -0.105. The Morgan fingerprint density at radius 1 is 1.08 bits per heavy atom. The average molecular weight is 343 g/mol. The van der Waals surface area contributed by atoms with Crippen LogP contribution in [-0.4, -0.2) is 27.9 Å². The predicted molar refractivity (Wildman–Crippen MR) is 92.6 cm³/mol. The van der Waals surface area contributed by atoms with Crippen LogP contribution in [0.5, 0.6) is 5.75 Å². The first-order valence-corrected chi connectivity index (χ1v) is 8.87. The minimum Gasteiger partial charge on any atom is -0.497 e. The van der Waals surface area contributed by atoms with E-state index in [-0.39, 0.29) is 4.90 Å². The SMILES string of the molecule is COc1ccc(S(=O)(=O)N2c3ccccc3C=C(C=O)C2C)cc1. The largest absolute Gasteiger partial charge is 0.497 e. The van der Waals surface area contributed by atoms with Gasteiger partial charge in [-0.1, -0.05) is 18.2 Å². The molecule has 5 nitrogen and oxygen atoms in total. The molecule has 1 aliphatic rings. The van der Waals surface area contributed by atoms with Gasteiger partial charge in [0, 0.05) is 5.57 Å². The monoisotopic (exact) mass is 343 g/mol. The lowest BCUT2D eigenvalue weighted by atomic mass is 10.00. The van der Waals surface area contributed by atoms with Crippen molar-refractivity contribution in [2.75, 3.05) is 11.4 Å². The van der Waals surface area contributed by atoms with Crippen LogP contribution < -0.4 is 9.04 Å². The van der Waals surface area contributed by atoms with Gasteiger partial charge in [0.15, 0.2) is 0 Å². The number of nitrogens with zero attached hydrogens (tertiary/aromatic N) is 1. The summed E-state index contributed by atoms with van der Waals surface area (Å²) in [6, 6.07) is 12.8. The average Bonchev–Trinajstić information content (AvgIpc) is 2.60. The molecule has 0 amide bonds. The third-order valence-electron chi connectivity index (χ3n) is 4.08. The molecule has 24 heavy (non-hydrogen) atoms. The molecule has 1 atom stereocenters. The number of rotatable bonds is 4. The highest BCUT2D eigenvalue weighted by atomic mass is 32.2. The molecule has 0 bridgehead atoms. The van der Waals surface area contributed by atoms with Crippen molar-refractivity contribution in [2.45, 2.75) is 17.9 Å². The number of benzene rings is 2. The molecule has 0 radical (unpaired) electrons. The summed E-state index contributed by atoms with van der Waals surface area (Å²) in [6.07, 6.45) is 2.43. The molecule has 1 heterocycles. The third-order valence-corrected chi connectivity index (χ3v) is 5.98. The minimum absolute atomic E-state index is 0.150. The van der Waals surface area contributed by atoms with Crippen LogP contribution in [0.15, 0.2) is 59.0 Å². The van der Waals surface area contributed by atoms with Gasteiger partial charge in [-0.2, -0.15) is 0 Å². The number of carbonyl (C=O) groups excluding carboxylic acids is 1. The fourth-order valence-corrected chi connectivity index (χ4v) is 4.46. The van der Waals surface area contributed by atoms with Gasteiger partial charge in [-0.25, -0.2) is 8.42 Å². The van der Waals surface area contributed by atoms with Gasteiger partial charge in [-0.3, -0.25) is 9.10 Å². The normalized spacial score (nSPS) is 17.0. The van der Waals surface area contributed by atoms with Crippen molar-refractivity contribution in [3.8, 4) is 5.75 Å². The van der Waals surface area contributed by atoms with Crippen molar-refractivity contribution >= 4 is 28.1 Å². The number of aldehydes is 1. The molecular formula is C18H17NO4S. The van der Waals surface area contributed by atoms with E-state index < -0.39 is 16.1 Å². The summed E-state index contributed by atoms with van der Waals surface area (Å²) < 4.78 is 32.7. The van der Waals surface area contributed by atoms with Gasteiger partial charge in [-0.05, 0) is 48.9 Å². The van der Waals surface area contributed by atoms with Gasteiger partial charge in [0.05, 0.1) is 23.7 Å². The predicted octanol–water partition coefficient (Wildman–Crippen LogP) is 2.87. The van der Waals surface area contributed by atoms with E-state index in [0.29, 0.717) is 28.9 Å². The zero-order valence-electron chi connectivity index (χ0n) is 13.3. The summed E-state index contributed by atoms with van der Waals surface area (Å²) in [6.45, 7) is 1.71. The number of anilines is 1. The van der Waals surface area contributed by atoms with Gasteiger partial charge >= 0.3 is 0 Å². The Balaban J connectivity index is 2.15. The topological polar surface area (TPSA) is 63.7 Å². The van der Waals surface area contributed by atoms with Crippen LogP contribution in [0, 0.1) is 0 Å². The number of fused-ring (bicyclic) bond motifs is 1. The standard InChI is InChI=1S/C18H17NO4S/c1-13-15(12-20)11-14-5-3-4-6-18(14)19(13)24(21,22)17-9-7-16(23-2)8-10-17/h3-13H,1-2H3. The highest BCUT2D eigenvalue weighted by Gasteiger charge is 2.34. The van der Waals surface area contributed by atoms with Crippen molar-refractivity contribution in [1.82, 2.24) is 0 Å². The molecule has 0 saturated heterocycles. The Morgan fingerprint density at radius 3 is 2.38 bits per heavy atom. The van der Waals surface area contributed by atoms with Crippen molar-refractivity contribution in [2.24, 2.45) is 0 Å². The van der Waals surface area contributed by atoms with Crippen LogP contribution in [0.25, 0.3) is 6.08 Å². The molecule has 6 heteroatoms. The van der Waals surface area contributed by atoms with E-state index in [2.05, 4.69) is 0 Å². The zero-order valence-corrected chi connectivity index (χ0v) is 14.2. The van der Waals surface area contributed by atoms with Crippen LogP contribution in [-0.2, 0) is 14.8 Å². The number of sulfonamides is 1. The molecule has 0 spiro atoms. The van der Waals surface area contributed by atoms with Crippen LogP contribution >= 0.6 is 0 Å². The fraction of sp³-hybridized carbons (Fsp3) is 0.167. The van der Waals surface area contributed by atoms with Crippen molar-refractivity contribution in [1.29, 1.82) is 0 Å². The maximum atomic E-state index is 13.2. The molecule has 0 fully saturated rings. The molecule has 2 aromatic carbocycles. The molecule has 0 saturated carbocycles. The first kappa shape index (κ1) is 16.3. The quantitative estimate of drug-likeness (QED) is 0.801.